The first-order valence-electron chi connectivity index (χ1n) is 3.34. The quantitative estimate of drug-likeness (QED) is 0.294. The first-order chi connectivity index (χ1) is 5.84. The third-order valence-electron chi connectivity index (χ3n) is 1.29. The number of hydrogen-bond donors (Lipinski definition) is 0. The highest BCUT2D eigenvalue weighted by Gasteiger charge is 1.99. The Balaban J connectivity index is 2.65. The molecule has 5 heteroatoms. The Kier molecular flexibility index (Phi) is 2.93. The van der Waals surface area contributed by atoms with Crippen LogP contribution >= 0.6 is 0 Å². The first-order valence-corrected chi connectivity index (χ1v) is 3.34. The van der Waals surface area contributed by atoms with Gasteiger partial charge in [0.2, 0.25) is 0 Å². The zero-order valence-corrected chi connectivity index (χ0v) is 6.26. The third kappa shape index (κ3) is 2.14. The van der Waals surface area contributed by atoms with Crippen LogP contribution in [-0.4, -0.2) is 6.67 Å². The van der Waals surface area contributed by atoms with Crippen LogP contribution in [0.15, 0.2) is 35.4 Å². The summed E-state index contributed by atoms with van der Waals surface area (Å²) in [6.07, 6.45) is 0. The molecule has 4 nitrogen and oxygen atoms in total. The van der Waals surface area contributed by atoms with Gasteiger partial charge in [0.25, 0.3) is 0 Å². The van der Waals surface area contributed by atoms with Crippen molar-refractivity contribution in [3.63, 3.8) is 0 Å². The minimum absolute atomic E-state index is 0.305. The number of nitrogens with zero attached hydrogens (tertiary/aromatic N) is 4. The van der Waals surface area contributed by atoms with Gasteiger partial charge in [0.1, 0.15) is 6.67 Å². The molecule has 62 valence electrons. The molecule has 0 spiro atoms. The Morgan fingerprint density at radius 1 is 1.42 bits per heavy atom. The predicted molar refractivity (Wildman–Crippen MR) is 44.0 cm³/mol. The van der Waals surface area contributed by atoms with Gasteiger partial charge < -0.3 is 0 Å². The van der Waals surface area contributed by atoms with Gasteiger partial charge in [0.15, 0.2) is 0 Å². The lowest BCUT2D eigenvalue weighted by molar-refractivity contribution is 0.439. The average Bonchev–Trinajstić information content (AvgIpc) is 2.15. The topological polar surface area (TPSA) is 52.0 Å². The van der Waals surface area contributed by atoms with E-state index in [1.165, 1.54) is 0 Å². The third-order valence-corrected chi connectivity index (χ3v) is 1.29. The van der Waals surface area contributed by atoms with Gasteiger partial charge in [-0.05, 0) is 17.7 Å². The van der Waals surface area contributed by atoms with Gasteiger partial charge in [-0.3, -0.25) is 0 Å². The number of rotatable bonds is 3. The summed E-state index contributed by atoms with van der Waals surface area (Å²) in [6, 6.07) is 8.38. The standard InChI is InChI=1S/C7H7FN4/c8-12(6-10-11-9)7-4-2-1-3-5-7/h1-5H,6H2. The summed E-state index contributed by atoms with van der Waals surface area (Å²) >= 11 is 0. The summed E-state index contributed by atoms with van der Waals surface area (Å²) in [6.45, 7) is -0.305. The number of anilines is 1. The zero-order chi connectivity index (χ0) is 8.81. The molecule has 0 unspecified atom stereocenters. The van der Waals surface area contributed by atoms with E-state index in [0.29, 0.717) is 10.8 Å². The Bertz CT molecular complexity index is 281. The monoisotopic (exact) mass is 166 g/mol. The van der Waals surface area contributed by atoms with E-state index in [1.54, 1.807) is 30.3 Å². The van der Waals surface area contributed by atoms with E-state index >= 15 is 0 Å². The molecule has 1 rings (SSSR count). The average molecular weight is 166 g/mol. The van der Waals surface area contributed by atoms with Gasteiger partial charge in [0.05, 0.1) is 5.69 Å². The lowest BCUT2D eigenvalue weighted by Gasteiger charge is -2.09. The minimum atomic E-state index is -0.305. The maximum atomic E-state index is 12.9. The molecule has 0 aromatic heterocycles. The van der Waals surface area contributed by atoms with E-state index in [9.17, 15) is 4.48 Å². The highest BCUT2D eigenvalue weighted by Crippen LogP contribution is 2.12. The van der Waals surface area contributed by atoms with Crippen LogP contribution in [0.4, 0.5) is 10.2 Å². The largest absolute Gasteiger partial charge is 0.206 e. The first kappa shape index (κ1) is 8.36. The van der Waals surface area contributed by atoms with E-state index in [1.807, 2.05) is 0 Å². The van der Waals surface area contributed by atoms with E-state index in [0.717, 1.165) is 0 Å². The van der Waals surface area contributed by atoms with E-state index in [-0.39, 0.29) is 6.67 Å². The summed E-state index contributed by atoms with van der Waals surface area (Å²) < 4.78 is 12.9. The fourth-order valence-corrected chi connectivity index (χ4v) is 0.755. The predicted octanol–water partition coefficient (Wildman–Crippen LogP) is 2.65. The molecule has 0 aliphatic carbocycles. The highest BCUT2D eigenvalue weighted by molar-refractivity contribution is 5.42. The molecule has 0 fully saturated rings. The van der Waals surface area contributed by atoms with Crippen molar-refractivity contribution in [3.8, 4) is 0 Å². The van der Waals surface area contributed by atoms with Crippen molar-refractivity contribution < 1.29 is 4.48 Å². The summed E-state index contributed by atoms with van der Waals surface area (Å²) in [5.41, 5.74) is 8.31. The van der Waals surface area contributed by atoms with Crippen LogP contribution in [0.1, 0.15) is 0 Å². The second kappa shape index (κ2) is 4.20. The lowest BCUT2D eigenvalue weighted by Crippen LogP contribution is -2.10. The number of hydrogen-bond acceptors (Lipinski definition) is 2. The van der Waals surface area contributed by atoms with Crippen LogP contribution in [0.2, 0.25) is 0 Å². The summed E-state index contributed by atoms with van der Waals surface area (Å²) in [5, 5.41) is 3.45. The molecule has 0 N–H and O–H groups in total. The molecule has 0 amide bonds. The van der Waals surface area contributed by atoms with Crippen molar-refractivity contribution in [2.24, 2.45) is 5.11 Å². The van der Waals surface area contributed by atoms with Gasteiger partial charge in [-0.25, -0.2) is 5.12 Å². The van der Waals surface area contributed by atoms with E-state index < -0.39 is 0 Å². The maximum absolute atomic E-state index is 12.9. The molecular weight excluding hydrogens is 159 g/mol. The second-order valence-electron chi connectivity index (χ2n) is 2.07. The molecule has 1 aromatic carbocycles. The summed E-state index contributed by atoms with van der Waals surface area (Å²) in [7, 11) is 0. The fraction of sp³-hybridized carbons (Fsp3) is 0.143. The molecule has 0 aliphatic rings. The lowest BCUT2D eigenvalue weighted by atomic mass is 10.3. The normalized spacial score (nSPS) is 8.75. The van der Waals surface area contributed by atoms with Crippen LogP contribution in [0, 0.1) is 0 Å². The van der Waals surface area contributed by atoms with Crippen molar-refractivity contribution in [1.29, 1.82) is 0 Å². The van der Waals surface area contributed by atoms with Gasteiger partial charge >= 0.3 is 0 Å². The minimum Gasteiger partial charge on any atom is -0.206 e. The van der Waals surface area contributed by atoms with Gasteiger partial charge in [-0.15, -0.1) is 0 Å². The van der Waals surface area contributed by atoms with Crippen molar-refractivity contribution in [2.45, 2.75) is 0 Å². The Morgan fingerprint density at radius 2 is 2.08 bits per heavy atom. The summed E-state index contributed by atoms with van der Waals surface area (Å²) in [5.74, 6) is 0. The molecule has 0 heterocycles. The van der Waals surface area contributed by atoms with Crippen LogP contribution < -0.4 is 5.12 Å². The Morgan fingerprint density at radius 3 is 2.67 bits per heavy atom. The number of benzene rings is 1. The smallest absolute Gasteiger partial charge is 0.129 e. The maximum Gasteiger partial charge on any atom is 0.129 e. The fourth-order valence-electron chi connectivity index (χ4n) is 0.755. The van der Waals surface area contributed by atoms with Crippen molar-refractivity contribution in [1.82, 2.24) is 0 Å². The molecule has 0 saturated heterocycles. The Hall–Kier alpha value is -1.74. The van der Waals surface area contributed by atoms with Gasteiger partial charge in [0, 0.05) is 4.91 Å². The molecule has 1 aromatic rings. The van der Waals surface area contributed by atoms with Gasteiger partial charge in [-0.1, -0.05) is 27.8 Å². The molecular formula is C7H7FN4. The Labute approximate surface area is 68.8 Å². The van der Waals surface area contributed by atoms with Crippen molar-refractivity contribution >= 4 is 5.69 Å². The zero-order valence-electron chi connectivity index (χ0n) is 6.26. The highest BCUT2D eigenvalue weighted by atomic mass is 19.2. The molecule has 0 saturated carbocycles. The van der Waals surface area contributed by atoms with Crippen LogP contribution in [0.25, 0.3) is 10.4 Å². The van der Waals surface area contributed by atoms with Gasteiger partial charge in [-0.2, -0.15) is 0 Å². The molecule has 0 radical (unpaired) electrons. The number of para-hydroxylation sites is 1. The van der Waals surface area contributed by atoms with Crippen LogP contribution in [0.3, 0.4) is 0 Å². The van der Waals surface area contributed by atoms with Crippen molar-refractivity contribution in [3.05, 3.63) is 40.8 Å². The van der Waals surface area contributed by atoms with Crippen LogP contribution in [-0.2, 0) is 0 Å². The number of halogens is 1. The molecule has 0 aliphatic heterocycles. The molecule has 0 bridgehead atoms. The summed E-state index contributed by atoms with van der Waals surface area (Å²) in [4.78, 5) is 2.44. The second-order valence-corrected chi connectivity index (χ2v) is 2.07. The molecule has 0 atom stereocenters. The SMILES string of the molecule is [N-]=[N+]=NCN(F)c1ccccc1. The van der Waals surface area contributed by atoms with E-state index in [4.69, 9.17) is 5.53 Å². The number of azide groups is 1. The van der Waals surface area contributed by atoms with Crippen molar-refractivity contribution in [2.75, 3.05) is 11.8 Å². The van der Waals surface area contributed by atoms with Crippen LogP contribution in [0.5, 0.6) is 0 Å². The molecule has 12 heavy (non-hydrogen) atoms. The van der Waals surface area contributed by atoms with E-state index in [2.05, 4.69) is 10.0 Å².